The highest BCUT2D eigenvalue weighted by Gasteiger charge is 2.48. The second kappa shape index (κ2) is 8.71. The van der Waals surface area contributed by atoms with E-state index in [1.165, 1.54) is 24.5 Å². The van der Waals surface area contributed by atoms with Crippen LogP contribution in [0, 0.1) is 17.6 Å². The van der Waals surface area contributed by atoms with Crippen molar-refractivity contribution in [3.8, 4) is 0 Å². The molecule has 1 aliphatic rings. The molecule has 31 heavy (non-hydrogen) atoms. The van der Waals surface area contributed by atoms with Crippen LogP contribution in [0.3, 0.4) is 0 Å². The summed E-state index contributed by atoms with van der Waals surface area (Å²) in [5.74, 6) is -1.95. The standard InChI is InChI=1S/C24H22F2N2O3/c1-27-23(29)16-9-7-15(8-10-16)13-28(14-17-4-3-11-31-17)24(30)19-12-18(19)22-20(25)5-2-6-21(22)26/h2-11,18-19H,12-14H2,1H3,(H,27,29). The second-order valence-electron chi connectivity index (χ2n) is 7.63. The van der Waals surface area contributed by atoms with Crippen molar-refractivity contribution in [2.75, 3.05) is 7.05 Å². The topological polar surface area (TPSA) is 62.6 Å². The van der Waals surface area contributed by atoms with E-state index in [0.717, 1.165) is 5.56 Å². The molecule has 1 aromatic heterocycles. The van der Waals surface area contributed by atoms with Crippen molar-refractivity contribution >= 4 is 11.8 Å². The van der Waals surface area contributed by atoms with Gasteiger partial charge in [0.25, 0.3) is 5.91 Å². The fourth-order valence-electron chi connectivity index (χ4n) is 3.82. The quantitative estimate of drug-likeness (QED) is 0.617. The molecule has 2 atom stereocenters. The summed E-state index contributed by atoms with van der Waals surface area (Å²) in [7, 11) is 1.56. The van der Waals surface area contributed by atoms with Crippen molar-refractivity contribution in [1.82, 2.24) is 10.2 Å². The van der Waals surface area contributed by atoms with Crippen molar-refractivity contribution in [3.05, 3.63) is 94.9 Å². The van der Waals surface area contributed by atoms with Crippen LogP contribution in [0.4, 0.5) is 8.78 Å². The van der Waals surface area contributed by atoms with E-state index in [4.69, 9.17) is 4.42 Å². The van der Waals surface area contributed by atoms with Gasteiger partial charge in [-0.05, 0) is 48.4 Å². The van der Waals surface area contributed by atoms with E-state index < -0.39 is 23.5 Å². The van der Waals surface area contributed by atoms with Crippen LogP contribution >= 0.6 is 0 Å². The van der Waals surface area contributed by atoms with Crippen LogP contribution in [0.15, 0.2) is 65.3 Å². The van der Waals surface area contributed by atoms with E-state index in [1.807, 2.05) is 0 Å². The van der Waals surface area contributed by atoms with E-state index in [9.17, 15) is 18.4 Å². The normalized spacial score (nSPS) is 17.3. The van der Waals surface area contributed by atoms with Gasteiger partial charge in [-0.15, -0.1) is 0 Å². The minimum Gasteiger partial charge on any atom is -0.467 e. The van der Waals surface area contributed by atoms with E-state index >= 15 is 0 Å². The molecule has 3 aromatic rings. The van der Waals surface area contributed by atoms with Crippen molar-refractivity contribution in [2.45, 2.75) is 25.4 Å². The number of benzene rings is 2. The average Bonchev–Trinajstić information content (AvgIpc) is 3.37. The third-order valence-electron chi connectivity index (χ3n) is 5.53. The number of rotatable bonds is 7. The Bertz CT molecular complexity index is 1060. The predicted octanol–water partition coefficient (Wildman–Crippen LogP) is 4.25. The summed E-state index contributed by atoms with van der Waals surface area (Å²) in [5, 5.41) is 2.56. The van der Waals surface area contributed by atoms with Gasteiger partial charge in [-0.2, -0.15) is 0 Å². The smallest absolute Gasteiger partial charge is 0.251 e. The zero-order valence-corrected chi connectivity index (χ0v) is 17.0. The summed E-state index contributed by atoms with van der Waals surface area (Å²) < 4.78 is 33.7. The van der Waals surface area contributed by atoms with E-state index in [2.05, 4.69) is 5.32 Å². The molecule has 0 saturated heterocycles. The third-order valence-corrected chi connectivity index (χ3v) is 5.53. The molecule has 2 aromatic carbocycles. The third kappa shape index (κ3) is 4.50. The van der Waals surface area contributed by atoms with Crippen LogP contribution in [0.2, 0.25) is 0 Å². The fraction of sp³-hybridized carbons (Fsp3) is 0.250. The number of halogens is 2. The van der Waals surface area contributed by atoms with Gasteiger partial charge in [0, 0.05) is 36.6 Å². The summed E-state index contributed by atoms with van der Waals surface area (Å²) in [5.41, 5.74) is 1.34. The number of amides is 2. The molecule has 1 N–H and O–H groups in total. The fourth-order valence-corrected chi connectivity index (χ4v) is 3.82. The molecule has 2 amide bonds. The van der Waals surface area contributed by atoms with Gasteiger partial charge < -0.3 is 14.6 Å². The van der Waals surface area contributed by atoms with Crippen LogP contribution in [0.5, 0.6) is 0 Å². The van der Waals surface area contributed by atoms with Gasteiger partial charge in [-0.25, -0.2) is 8.78 Å². The Balaban J connectivity index is 1.53. The zero-order valence-electron chi connectivity index (χ0n) is 17.0. The number of carbonyl (C=O) groups excluding carboxylic acids is 2. The number of carbonyl (C=O) groups is 2. The average molecular weight is 424 g/mol. The molecule has 160 valence electrons. The minimum absolute atomic E-state index is 0.0197. The van der Waals surface area contributed by atoms with Gasteiger partial charge in [0.05, 0.1) is 12.8 Å². The zero-order chi connectivity index (χ0) is 22.0. The molecule has 1 saturated carbocycles. The van der Waals surface area contributed by atoms with Crippen molar-refractivity contribution < 1.29 is 22.8 Å². The molecular weight excluding hydrogens is 402 g/mol. The number of nitrogens with one attached hydrogen (secondary N) is 1. The lowest BCUT2D eigenvalue weighted by molar-refractivity contribution is -0.134. The molecule has 2 unspecified atom stereocenters. The Kier molecular flexibility index (Phi) is 5.84. The number of hydrogen-bond donors (Lipinski definition) is 1. The molecule has 0 spiro atoms. The molecule has 0 bridgehead atoms. The SMILES string of the molecule is CNC(=O)c1ccc(CN(Cc2ccco2)C(=O)C2CC2c2c(F)cccc2F)cc1. The molecule has 0 aliphatic heterocycles. The van der Waals surface area contributed by atoms with Crippen LogP contribution in [-0.4, -0.2) is 23.8 Å². The molecule has 0 radical (unpaired) electrons. The highest BCUT2D eigenvalue weighted by atomic mass is 19.1. The Morgan fingerprint density at radius 2 is 1.74 bits per heavy atom. The van der Waals surface area contributed by atoms with Crippen LogP contribution in [-0.2, 0) is 17.9 Å². The first-order valence-electron chi connectivity index (χ1n) is 10.0. The van der Waals surface area contributed by atoms with Gasteiger partial charge in [0.1, 0.15) is 17.4 Å². The number of nitrogens with zero attached hydrogens (tertiary/aromatic N) is 1. The molecule has 4 rings (SSSR count). The summed E-state index contributed by atoms with van der Waals surface area (Å²) in [6.45, 7) is 0.530. The van der Waals surface area contributed by atoms with Crippen LogP contribution < -0.4 is 5.32 Å². The van der Waals surface area contributed by atoms with Crippen LogP contribution in [0.25, 0.3) is 0 Å². The maximum atomic E-state index is 14.2. The second-order valence-corrected chi connectivity index (χ2v) is 7.63. The Labute approximate surface area is 178 Å². The van der Waals surface area contributed by atoms with E-state index in [0.29, 0.717) is 17.7 Å². The first-order valence-corrected chi connectivity index (χ1v) is 10.0. The molecule has 5 nitrogen and oxygen atoms in total. The Morgan fingerprint density at radius 1 is 1.03 bits per heavy atom. The highest BCUT2D eigenvalue weighted by Crippen LogP contribution is 2.50. The van der Waals surface area contributed by atoms with Crippen molar-refractivity contribution in [2.24, 2.45) is 5.92 Å². The van der Waals surface area contributed by atoms with Gasteiger partial charge in [-0.1, -0.05) is 18.2 Å². The highest BCUT2D eigenvalue weighted by molar-refractivity contribution is 5.94. The molecular formula is C24H22F2N2O3. The van der Waals surface area contributed by atoms with Crippen LogP contribution in [0.1, 0.15) is 39.6 Å². The van der Waals surface area contributed by atoms with E-state index in [-0.39, 0.29) is 30.5 Å². The summed E-state index contributed by atoms with van der Waals surface area (Å²) in [6.07, 6.45) is 1.94. The predicted molar refractivity (Wildman–Crippen MR) is 110 cm³/mol. The van der Waals surface area contributed by atoms with Gasteiger partial charge in [0.15, 0.2) is 0 Å². The maximum absolute atomic E-state index is 14.2. The van der Waals surface area contributed by atoms with Crippen molar-refractivity contribution in [3.63, 3.8) is 0 Å². The molecule has 1 aliphatic carbocycles. The van der Waals surface area contributed by atoms with Crippen molar-refractivity contribution in [1.29, 1.82) is 0 Å². The summed E-state index contributed by atoms with van der Waals surface area (Å²) >= 11 is 0. The van der Waals surface area contributed by atoms with Gasteiger partial charge in [-0.3, -0.25) is 9.59 Å². The first-order chi connectivity index (χ1) is 15.0. The molecule has 1 heterocycles. The molecule has 7 heteroatoms. The van der Waals surface area contributed by atoms with E-state index in [1.54, 1.807) is 48.3 Å². The number of hydrogen-bond acceptors (Lipinski definition) is 3. The summed E-state index contributed by atoms with van der Waals surface area (Å²) in [4.78, 5) is 26.6. The Morgan fingerprint density at radius 3 is 2.35 bits per heavy atom. The first kappa shape index (κ1) is 20.8. The lowest BCUT2D eigenvalue weighted by Gasteiger charge is -2.22. The lowest BCUT2D eigenvalue weighted by atomic mass is 10.1. The van der Waals surface area contributed by atoms with Gasteiger partial charge in [0.2, 0.25) is 5.91 Å². The number of furan rings is 1. The minimum atomic E-state index is -0.623. The largest absolute Gasteiger partial charge is 0.467 e. The van der Waals surface area contributed by atoms with Gasteiger partial charge >= 0.3 is 0 Å². The summed E-state index contributed by atoms with van der Waals surface area (Å²) in [6, 6.07) is 14.2. The monoisotopic (exact) mass is 424 g/mol. The lowest BCUT2D eigenvalue weighted by Crippen LogP contribution is -2.31. The molecule has 1 fully saturated rings. The Hall–Kier alpha value is -3.48. The maximum Gasteiger partial charge on any atom is 0.251 e.